The molecule has 4 aromatic rings. The summed E-state index contributed by atoms with van der Waals surface area (Å²) in [4.78, 5) is 28.8. The number of fused-ring (bicyclic) bond motifs is 1. The van der Waals surface area contributed by atoms with Crippen LogP contribution in [-0.4, -0.2) is 28.2 Å². The molecule has 2 aromatic heterocycles. The minimum atomic E-state index is -0.282. The van der Waals surface area contributed by atoms with E-state index in [2.05, 4.69) is 4.98 Å². The Balaban J connectivity index is 1.34. The Morgan fingerprint density at radius 2 is 1.80 bits per heavy atom. The molecule has 6 nitrogen and oxygen atoms in total. The number of allylic oxidation sites excluding steroid dienone is 2. The van der Waals surface area contributed by atoms with Gasteiger partial charge < -0.3 is 14.0 Å². The molecule has 0 aliphatic rings. The van der Waals surface area contributed by atoms with E-state index in [1.165, 1.54) is 12.2 Å². The molecule has 0 N–H and O–H groups in total. The van der Waals surface area contributed by atoms with Crippen molar-refractivity contribution in [2.45, 2.75) is 13.0 Å². The molecule has 0 radical (unpaired) electrons. The van der Waals surface area contributed by atoms with Crippen molar-refractivity contribution < 1.29 is 19.1 Å². The van der Waals surface area contributed by atoms with Gasteiger partial charge in [-0.05, 0) is 65.6 Å². The number of aromatic nitrogens is 2. The van der Waals surface area contributed by atoms with Crippen LogP contribution in [-0.2, 0) is 23.2 Å². The average molecular weight is 467 g/mol. The second-order valence-corrected chi connectivity index (χ2v) is 8.03. The third-order valence-electron chi connectivity index (χ3n) is 5.49. The number of pyridine rings is 1. The molecule has 4 rings (SSSR count). The van der Waals surface area contributed by atoms with Crippen molar-refractivity contribution in [2.75, 3.05) is 7.11 Å². The Morgan fingerprint density at radius 1 is 0.971 bits per heavy atom. The molecule has 0 unspecified atom stereocenters. The molecule has 0 amide bonds. The number of carbonyl (C=O) groups excluding carboxylic acids is 2. The van der Waals surface area contributed by atoms with Crippen LogP contribution >= 0.6 is 0 Å². The third kappa shape index (κ3) is 6.32. The zero-order valence-electron chi connectivity index (χ0n) is 19.7. The normalized spacial score (nSPS) is 11.4. The zero-order valence-corrected chi connectivity index (χ0v) is 19.7. The van der Waals surface area contributed by atoms with Gasteiger partial charge in [-0.3, -0.25) is 14.6 Å². The highest BCUT2D eigenvalue weighted by Gasteiger charge is 2.07. The van der Waals surface area contributed by atoms with E-state index in [-0.39, 0.29) is 18.0 Å². The number of ketones is 2. The minimum Gasteiger partial charge on any atom is -0.496 e. The molecule has 0 fully saturated rings. The summed E-state index contributed by atoms with van der Waals surface area (Å²) in [5.41, 5.74) is 3.52. The monoisotopic (exact) mass is 466 g/mol. The second kappa shape index (κ2) is 11.1. The van der Waals surface area contributed by atoms with Crippen LogP contribution < -0.4 is 9.47 Å². The van der Waals surface area contributed by atoms with E-state index in [0.717, 1.165) is 22.2 Å². The molecule has 0 aliphatic heterocycles. The van der Waals surface area contributed by atoms with Crippen molar-refractivity contribution >= 4 is 34.6 Å². The first kappa shape index (κ1) is 23.7. The summed E-state index contributed by atoms with van der Waals surface area (Å²) in [5.74, 6) is 0.659. The van der Waals surface area contributed by atoms with Gasteiger partial charge in [-0.2, -0.15) is 0 Å². The molecular weight excluding hydrogens is 440 g/mol. The molecule has 0 spiro atoms. The van der Waals surface area contributed by atoms with Crippen molar-refractivity contribution in [3.63, 3.8) is 0 Å². The number of hydrogen-bond donors (Lipinski definition) is 0. The quantitative estimate of drug-likeness (QED) is 0.231. The number of carbonyl (C=O) groups is 2. The van der Waals surface area contributed by atoms with Gasteiger partial charge in [-0.1, -0.05) is 24.3 Å². The Hall–Kier alpha value is -4.45. The molecule has 2 heterocycles. The number of benzene rings is 2. The third-order valence-corrected chi connectivity index (χ3v) is 5.49. The minimum absolute atomic E-state index is 0.201. The van der Waals surface area contributed by atoms with Gasteiger partial charge in [0.2, 0.25) is 0 Å². The summed E-state index contributed by atoms with van der Waals surface area (Å²) in [6, 6.07) is 19.0. The fourth-order valence-corrected chi connectivity index (χ4v) is 3.60. The summed E-state index contributed by atoms with van der Waals surface area (Å²) in [6.45, 7) is 0.340. The Labute approximate surface area is 204 Å². The summed E-state index contributed by atoms with van der Waals surface area (Å²) in [5, 5.41) is 1.14. The number of rotatable bonds is 10. The van der Waals surface area contributed by atoms with Crippen LogP contribution in [0.4, 0.5) is 0 Å². The maximum Gasteiger partial charge on any atom is 0.163 e. The molecule has 0 atom stereocenters. The van der Waals surface area contributed by atoms with Crippen molar-refractivity contribution in [1.29, 1.82) is 0 Å². The fraction of sp³-hybridized carbons (Fsp3) is 0.138. The first-order chi connectivity index (χ1) is 17.0. The first-order valence-electron chi connectivity index (χ1n) is 11.2. The molecule has 6 heteroatoms. The lowest BCUT2D eigenvalue weighted by Gasteiger charge is -2.09. The van der Waals surface area contributed by atoms with E-state index < -0.39 is 0 Å². The molecule has 0 aliphatic carbocycles. The lowest BCUT2D eigenvalue weighted by molar-refractivity contribution is -0.121. The van der Waals surface area contributed by atoms with Gasteiger partial charge in [-0.25, -0.2) is 0 Å². The number of hydrogen-bond acceptors (Lipinski definition) is 5. The highest BCUT2D eigenvalue weighted by Crippen LogP contribution is 2.26. The summed E-state index contributed by atoms with van der Waals surface area (Å²) in [6.07, 6.45) is 9.73. The Morgan fingerprint density at radius 3 is 2.57 bits per heavy atom. The maximum absolute atomic E-state index is 12.3. The molecule has 35 heavy (non-hydrogen) atoms. The van der Waals surface area contributed by atoms with Crippen molar-refractivity contribution in [3.05, 3.63) is 102 Å². The van der Waals surface area contributed by atoms with Crippen molar-refractivity contribution in [1.82, 2.24) is 9.55 Å². The van der Waals surface area contributed by atoms with Crippen LogP contribution in [0.25, 0.3) is 23.1 Å². The van der Waals surface area contributed by atoms with E-state index in [9.17, 15) is 9.59 Å². The number of nitrogens with zero attached hydrogens (tertiary/aromatic N) is 2. The van der Waals surface area contributed by atoms with E-state index in [0.29, 0.717) is 23.7 Å². The summed E-state index contributed by atoms with van der Waals surface area (Å²) < 4.78 is 13.2. The predicted octanol–water partition coefficient (Wildman–Crippen LogP) is 5.42. The van der Waals surface area contributed by atoms with Crippen LogP contribution in [0.15, 0.2) is 85.2 Å². The van der Waals surface area contributed by atoms with Gasteiger partial charge in [0.1, 0.15) is 18.1 Å². The van der Waals surface area contributed by atoms with E-state index >= 15 is 0 Å². The van der Waals surface area contributed by atoms with Crippen molar-refractivity contribution in [2.24, 2.45) is 7.05 Å². The average Bonchev–Trinajstić information content (AvgIpc) is 3.25. The van der Waals surface area contributed by atoms with Crippen LogP contribution in [0.5, 0.6) is 11.5 Å². The molecule has 2 aromatic carbocycles. The lowest BCUT2D eigenvalue weighted by Crippen LogP contribution is -2.02. The predicted molar refractivity (Wildman–Crippen MR) is 137 cm³/mol. The number of methoxy groups -OCH3 is 1. The Kier molecular flexibility index (Phi) is 7.53. The molecule has 0 bridgehead atoms. The largest absolute Gasteiger partial charge is 0.496 e. The van der Waals surface area contributed by atoms with Crippen LogP contribution in [0.1, 0.15) is 23.2 Å². The van der Waals surface area contributed by atoms with Crippen LogP contribution in [0.2, 0.25) is 0 Å². The topological polar surface area (TPSA) is 70.4 Å². The molecule has 176 valence electrons. The van der Waals surface area contributed by atoms with Crippen molar-refractivity contribution in [3.8, 4) is 11.5 Å². The standard InChI is InChI=1S/C29H26N2O4/c1-31-16-14-22-8-6-21(17-28(22)31)7-11-25(32)18-26(33)12-9-23-10-13-27(19-29(23)34-2)35-20-24-5-3-4-15-30-24/h3-17,19H,18,20H2,1-2H3. The highest BCUT2D eigenvalue weighted by atomic mass is 16.5. The highest BCUT2D eigenvalue weighted by molar-refractivity contribution is 6.11. The zero-order chi connectivity index (χ0) is 24.6. The van der Waals surface area contributed by atoms with E-state index in [4.69, 9.17) is 9.47 Å². The van der Waals surface area contributed by atoms with Gasteiger partial charge in [0.25, 0.3) is 0 Å². The van der Waals surface area contributed by atoms with E-state index in [1.54, 1.807) is 43.7 Å². The number of aryl methyl sites for hydroxylation is 1. The summed E-state index contributed by atoms with van der Waals surface area (Å²) in [7, 11) is 3.53. The summed E-state index contributed by atoms with van der Waals surface area (Å²) >= 11 is 0. The van der Waals surface area contributed by atoms with Crippen LogP contribution in [0, 0.1) is 0 Å². The Bertz CT molecular complexity index is 1400. The first-order valence-corrected chi connectivity index (χ1v) is 11.2. The molecular formula is C29H26N2O4. The van der Waals surface area contributed by atoms with Gasteiger partial charge in [0.15, 0.2) is 11.6 Å². The van der Waals surface area contributed by atoms with Crippen LogP contribution in [0.3, 0.4) is 0 Å². The fourth-order valence-electron chi connectivity index (χ4n) is 3.60. The van der Waals surface area contributed by atoms with Gasteiger partial charge in [-0.15, -0.1) is 0 Å². The van der Waals surface area contributed by atoms with E-state index in [1.807, 2.05) is 60.3 Å². The molecule has 0 saturated heterocycles. The number of ether oxygens (including phenoxy) is 2. The second-order valence-electron chi connectivity index (χ2n) is 8.03. The van der Waals surface area contributed by atoms with Gasteiger partial charge in [0, 0.05) is 36.6 Å². The maximum atomic E-state index is 12.3. The molecule has 0 saturated carbocycles. The van der Waals surface area contributed by atoms with Gasteiger partial charge >= 0.3 is 0 Å². The van der Waals surface area contributed by atoms with Gasteiger partial charge in [0.05, 0.1) is 19.2 Å². The SMILES string of the molecule is COc1cc(OCc2ccccn2)ccc1C=CC(=O)CC(=O)C=Cc1ccc2ccn(C)c2c1. The lowest BCUT2D eigenvalue weighted by atomic mass is 10.1. The smallest absolute Gasteiger partial charge is 0.163 e.